The van der Waals surface area contributed by atoms with Crippen molar-refractivity contribution in [3.63, 3.8) is 0 Å². The molecule has 58 heavy (non-hydrogen) atoms. The second-order valence-electron chi connectivity index (χ2n) is 15.3. The lowest BCUT2D eigenvalue weighted by Gasteiger charge is -2.17. The minimum atomic E-state index is 1.17. The molecule has 0 fully saturated rings. The molecule has 0 atom stereocenters. The normalized spacial score (nSPS) is 11.8. The van der Waals surface area contributed by atoms with E-state index in [-0.39, 0.29) is 0 Å². The van der Waals surface area contributed by atoms with Gasteiger partial charge >= 0.3 is 0 Å². The van der Waals surface area contributed by atoms with Crippen molar-refractivity contribution in [3.8, 4) is 44.8 Å². The second-order valence-corrected chi connectivity index (χ2v) is 15.3. The molecule has 10 aromatic carbocycles. The molecular formula is C56H36N2. The fourth-order valence-corrected chi connectivity index (χ4v) is 9.53. The molecule has 0 bridgehead atoms. The molecule has 0 aliphatic carbocycles. The van der Waals surface area contributed by atoms with E-state index in [1.807, 2.05) is 0 Å². The summed E-state index contributed by atoms with van der Waals surface area (Å²) in [6.45, 7) is 0. The summed E-state index contributed by atoms with van der Waals surface area (Å²) in [4.78, 5) is 0. The van der Waals surface area contributed by atoms with Crippen LogP contribution in [0, 0.1) is 0 Å². The van der Waals surface area contributed by atoms with E-state index in [4.69, 9.17) is 0 Å². The molecule has 0 saturated heterocycles. The van der Waals surface area contributed by atoms with Gasteiger partial charge in [0.2, 0.25) is 0 Å². The molecule has 2 heterocycles. The summed E-state index contributed by atoms with van der Waals surface area (Å²) in [5.74, 6) is 0. The SMILES string of the molecule is c1ccc(-c2ccccc2-n2c3ccccc3c3cc(-c4ccc5c(c4)c4ccccc4n5-c4ccccc4-c4cc5ccccc5c5ccccc45)ccc32)cc1. The van der Waals surface area contributed by atoms with Gasteiger partial charge in [0.1, 0.15) is 0 Å². The Labute approximate surface area is 336 Å². The first kappa shape index (κ1) is 32.6. The minimum Gasteiger partial charge on any atom is -0.309 e. The van der Waals surface area contributed by atoms with Gasteiger partial charge in [-0.2, -0.15) is 0 Å². The molecule has 0 unspecified atom stereocenters. The number of benzene rings is 10. The quantitative estimate of drug-likeness (QED) is 0.156. The summed E-state index contributed by atoms with van der Waals surface area (Å²) in [6, 6.07) is 80.0. The number of fused-ring (bicyclic) bond motifs is 9. The lowest BCUT2D eigenvalue weighted by atomic mass is 9.92. The zero-order chi connectivity index (χ0) is 38.2. The average Bonchev–Trinajstić information content (AvgIpc) is 3.81. The molecule has 0 aliphatic heterocycles. The van der Waals surface area contributed by atoms with Crippen LogP contribution in [0.25, 0.3) is 110 Å². The number of aromatic nitrogens is 2. The molecule has 0 spiro atoms. The Balaban J connectivity index is 1.04. The Kier molecular flexibility index (Phi) is 7.26. The molecule has 2 nitrogen and oxygen atoms in total. The van der Waals surface area contributed by atoms with Gasteiger partial charge < -0.3 is 9.13 Å². The van der Waals surface area contributed by atoms with Crippen LogP contribution in [0.1, 0.15) is 0 Å². The summed E-state index contributed by atoms with van der Waals surface area (Å²) in [7, 11) is 0. The van der Waals surface area contributed by atoms with Crippen molar-refractivity contribution in [2.45, 2.75) is 0 Å². The van der Waals surface area contributed by atoms with E-state index in [1.165, 1.54) is 110 Å². The maximum absolute atomic E-state index is 2.47. The number of nitrogens with zero attached hydrogens (tertiary/aromatic N) is 2. The number of hydrogen-bond acceptors (Lipinski definition) is 0. The van der Waals surface area contributed by atoms with Crippen LogP contribution in [0.3, 0.4) is 0 Å². The molecule has 0 saturated carbocycles. The van der Waals surface area contributed by atoms with Crippen molar-refractivity contribution in [1.29, 1.82) is 0 Å². The van der Waals surface area contributed by atoms with Crippen molar-refractivity contribution in [2.75, 3.05) is 0 Å². The van der Waals surface area contributed by atoms with Crippen molar-refractivity contribution in [1.82, 2.24) is 9.13 Å². The largest absolute Gasteiger partial charge is 0.309 e. The Morgan fingerprint density at radius 2 is 0.672 bits per heavy atom. The summed E-state index contributed by atoms with van der Waals surface area (Å²) in [6.07, 6.45) is 0. The van der Waals surface area contributed by atoms with Gasteiger partial charge in [-0.25, -0.2) is 0 Å². The topological polar surface area (TPSA) is 9.86 Å². The van der Waals surface area contributed by atoms with E-state index in [0.29, 0.717) is 0 Å². The van der Waals surface area contributed by atoms with Crippen molar-refractivity contribution < 1.29 is 0 Å². The highest BCUT2D eigenvalue weighted by atomic mass is 15.0. The smallest absolute Gasteiger partial charge is 0.0541 e. The third-order valence-electron chi connectivity index (χ3n) is 12.1. The van der Waals surface area contributed by atoms with E-state index in [1.54, 1.807) is 0 Å². The van der Waals surface area contributed by atoms with Crippen LogP contribution < -0.4 is 0 Å². The highest BCUT2D eigenvalue weighted by Crippen LogP contribution is 2.43. The van der Waals surface area contributed by atoms with E-state index >= 15 is 0 Å². The Bertz CT molecular complexity index is 3570. The van der Waals surface area contributed by atoms with Crippen LogP contribution in [-0.4, -0.2) is 9.13 Å². The lowest BCUT2D eigenvalue weighted by molar-refractivity contribution is 1.18. The lowest BCUT2D eigenvalue weighted by Crippen LogP contribution is -1.97. The van der Waals surface area contributed by atoms with E-state index in [0.717, 1.165) is 0 Å². The standard InChI is InChI=1S/C56H36N2/c1-2-16-37(17-3-1)42-20-8-12-26-51(42)57-53-28-14-10-24-46(53)49-34-38(30-32-55(49)57)39-31-33-56-50(35-39)47-25-11-15-29-54(47)58(56)52-27-13-9-23-45(52)48-36-40-18-4-5-19-41(40)43-21-6-7-22-44(43)48/h1-36H. The van der Waals surface area contributed by atoms with E-state index in [2.05, 4.69) is 228 Å². The molecule has 2 aromatic heterocycles. The third kappa shape index (κ3) is 4.92. The maximum Gasteiger partial charge on any atom is 0.0541 e. The van der Waals surface area contributed by atoms with Gasteiger partial charge in [-0.1, -0.05) is 164 Å². The third-order valence-corrected chi connectivity index (χ3v) is 12.1. The van der Waals surface area contributed by atoms with Crippen LogP contribution in [0.15, 0.2) is 218 Å². The molecule has 0 aliphatic rings. The van der Waals surface area contributed by atoms with Gasteiger partial charge in [-0.05, 0) is 98.4 Å². The monoisotopic (exact) mass is 736 g/mol. The minimum absolute atomic E-state index is 1.17. The first-order chi connectivity index (χ1) is 28.8. The Morgan fingerprint density at radius 3 is 1.31 bits per heavy atom. The summed E-state index contributed by atoms with van der Waals surface area (Å²) >= 11 is 0. The first-order valence-electron chi connectivity index (χ1n) is 20.0. The molecule has 2 heteroatoms. The fourth-order valence-electron chi connectivity index (χ4n) is 9.53. The highest BCUT2D eigenvalue weighted by Gasteiger charge is 2.20. The first-order valence-corrected chi connectivity index (χ1v) is 20.0. The van der Waals surface area contributed by atoms with Crippen molar-refractivity contribution in [3.05, 3.63) is 218 Å². The van der Waals surface area contributed by atoms with Crippen LogP contribution in [0.2, 0.25) is 0 Å². The van der Waals surface area contributed by atoms with Crippen molar-refractivity contribution >= 4 is 65.2 Å². The van der Waals surface area contributed by atoms with Gasteiger partial charge in [-0.3, -0.25) is 0 Å². The molecular weight excluding hydrogens is 701 g/mol. The van der Waals surface area contributed by atoms with Crippen LogP contribution in [0.5, 0.6) is 0 Å². The molecule has 12 rings (SSSR count). The maximum atomic E-state index is 2.47. The number of rotatable bonds is 5. The van der Waals surface area contributed by atoms with E-state index < -0.39 is 0 Å². The second kappa shape index (κ2) is 12.9. The zero-order valence-electron chi connectivity index (χ0n) is 31.7. The molecule has 0 N–H and O–H groups in total. The van der Waals surface area contributed by atoms with E-state index in [9.17, 15) is 0 Å². The number of hydrogen-bond donors (Lipinski definition) is 0. The van der Waals surface area contributed by atoms with Gasteiger partial charge in [-0.15, -0.1) is 0 Å². The van der Waals surface area contributed by atoms with Crippen molar-refractivity contribution in [2.24, 2.45) is 0 Å². The summed E-state index contributed by atoms with van der Waals surface area (Å²) in [5, 5.41) is 10.0. The summed E-state index contributed by atoms with van der Waals surface area (Å²) < 4.78 is 4.90. The van der Waals surface area contributed by atoms with Crippen LogP contribution in [-0.2, 0) is 0 Å². The van der Waals surface area contributed by atoms with Crippen LogP contribution in [0.4, 0.5) is 0 Å². The van der Waals surface area contributed by atoms with Gasteiger partial charge in [0, 0.05) is 32.7 Å². The molecule has 12 aromatic rings. The predicted molar refractivity (Wildman–Crippen MR) is 246 cm³/mol. The molecule has 0 radical (unpaired) electrons. The zero-order valence-corrected chi connectivity index (χ0v) is 31.7. The average molecular weight is 737 g/mol. The van der Waals surface area contributed by atoms with Gasteiger partial charge in [0.05, 0.1) is 33.4 Å². The Morgan fingerprint density at radius 1 is 0.224 bits per heavy atom. The van der Waals surface area contributed by atoms with Gasteiger partial charge in [0.15, 0.2) is 0 Å². The Hall–Kier alpha value is -7.68. The molecule has 0 amide bonds. The fraction of sp³-hybridized carbons (Fsp3) is 0. The van der Waals surface area contributed by atoms with Crippen LogP contribution >= 0.6 is 0 Å². The summed E-state index contributed by atoms with van der Waals surface area (Å²) in [5.41, 5.74) is 14.4. The predicted octanol–water partition coefficient (Wildman–Crippen LogP) is 15.2. The molecule has 270 valence electrons. The highest BCUT2D eigenvalue weighted by molar-refractivity contribution is 6.16. The van der Waals surface area contributed by atoms with Gasteiger partial charge in [0.25, 0.3) is 0 Å². The number of para-hydroxylation sites is 4.